The van der Waals surface area contributed by atoms with Gasteiger partial charge in [0.2, 0.25) is 0 Å². The second-order valence-electron chi connectivity index (χ2n) is 7.73. The molecule has 0 N–H and O–H groups in total. The number of carbonyl (C=O) groups is 2. The molecule has 5 nitrogen and oxygen atoms in total. The maximum atomic E-state index is 12.2. The fraction of sp³-hybridized carbons (Fsp3) is 0.680. The molecule has 0 aliphatic carbocycles. The molecule has 0 fully saturated rings. The summed E-state index contributed by atoms with van der Waals surface area (Å²) in [7, 11) is 0. The standard InChI is InChI=1S/C25H40O5/c1-4-7-10-11-14-19-28-21-17-18-22(29-24(26)15-12-8-5-2)23(20-21)30-25(27)16-13-9-6-3/h17-18,20H,4-16,19H2,1-3H3. The van der Waals surface area contributed by atoms with Crippen molar-refractivity contribution in [3.63, 3.8) is 0 Å². The number of hydrogen-bond donors (Lipinski definition) is 0. The van der Waals surface area contributed by atoms with Crippen LogP contribution in [-0.2, 0) is 9.59 Å². The van der Waals surface area contributed by atoms with Gasteiger partial charge in [0.25, 0.3) is 0 Å². The van der Waals surface area contributed by atoms with Crippen LogP contribution in [0.3, 0.4) is 0 Å². The Hall–Kier alpha value is -2.04. The van der Waals surface area contributed by atoms with Gasteiger partial charge in [-0.25, -0.2) is 0 Å². The van der Waals surface area contributed by atoms with Crippen LogP contribution in [0.5, 0.6) is 17.2 Å². The third-order valence-electron chi connectivity index (χ3n) is 4.85. The van der Waals surface area contributed by atoms with Gasteiger partial charge >= 0.3 is 11.9 Å². The molecule has 5 heteroatoms. The minimum absolute atomic E-state index is 0.254. The zero-order valence-electron chi connectivity index (χ0n) is 19.2. The van der Waals surface area contributed by atoms with Crippen LogP contribution in [0.15, 0.2) is 18.2 Å². The third-order valence-corrected chi connectivity index (χ3v) is 4.85. The van der Waals surface area contributed by atoms with Crippen molar-refractivity contribution < 1.29 is 23.8 Å². The van der Waals surface area contributed by atoms with E-state index in [4.69, 9.17) is 14.2 Å². The summed E-state index contributed by atoms with van der Waals surface area (Å²) in [5.74, 6) is 0.520. The van der Waals surface area contributed by atoms with Crippen LogP contribution in [0.1, 0.15) is 104 Å². The number of ether oxygens (including phenoxy) is 3. The van der Waals surface area contributed by atoms with Crippen LogP contribution in [0, 0.1) is 0 Å². The van der Waals surface area contributed by atoms with Crippen LogP contribution in [0.4, 0.5) is 0 Å². The van der Waals surface area contributed by atoms with Gasteiger partial charge in [-0.15, -0.1) is 0 Å². The average Bonchev–Trinajstić information content (AvgIpc) is 2.72. The summed E-state index contributed by atoms with van der Waals surface area (Å²) in [6.07, 6.45) is 12.1. The van der Waals surface area contributed by atoms with E-state index in [1.54, 1.807) is 18.2 Å². The Morgan fingerprint density at radius 1 is 0.667 bits per heavy atom. The zero-order valence-corrected chi connectivity index (χ0v) is 19.2. The van der Waals surface area contributed by atoms with Gasteiger partial charge in [-0.3, -0.25) is 9.59 Å². The van der Waals surface area contributed by atoms with Crippen LogP contribution in [-0.4, -0.2) is 18.5 Å². The lowest BCUT2D eigenvalue weighted by Gasteiger charge is -2.13. The lowest BCUT2D eigenvalue weighted by molar-refractivity contribution is -0.137. The lowest BCUT2D eigenvalue weighted by atomic mass is 10.2. The highest BCUT2D eigenvalue weighted by molar-refractivity contribution is 5.76. The van der Waals surface area contributed by atoms with Crippen LogP contribution >= 0.6 is 0 Å². The number of carbonyl (C=O) groups excluding carboxylic acids is 2. The Morgan fingerprint density at radius 3 is 1.80 bits per heavy atom. The normalized spacial score (nSPS) is 10.6. The second-order valence-corrected chi connectivity index (χ2v) is 7.73. The SMILES string of the molecule is CCCCCCCOc1ccc(OC(=O)CCCCC)c(OC(=O)CCCCC)c1. The van der Waals surface area contributed by atoms with E-state index in [1.165, 1.54) is 19.3 Å². The van der Waals surface area contributed by atoms with E-state index in [-0.39, 0.29) is 23.4 Å². The predicted molar refractivity (Wildman–Crippen MR) is 120 cm³/mol. The van der Waals surface area contributed by atoms with Crippen molar-refractivity contribution in [1.29, 1.82) is 0 Å². The van der Waals surface area contributed by atoms with Crippen molar-refractivity contribution in [2.75, 3.05) is 6.61 Å². The first-order valence-electron chi connectivity index (χ1n) is 11.8. The second kappa shape index (κ2) is 16.7. The molecule has 0 amide bonds. The Morgan fingerprint density at radius 2 is 1.20 bits per heavy atom. The molecule has 0 heterocycles. The molecule has 0 bridgehead atoms. The van der Waals surface area contributed by atoms with Gasteiger partial charge in [0.15, 0.2) is 11.5 Å². The Kier molecular flexibility index (Phi) is 14.5. The van der Waals surface area contributed by atoms with Gasteiger partial charge in [0.05, 0.1) is 6.61 Å². The van der Waals surface area contributed by atoms with Crippen LogP contribution < -0.4 is 14.2 Å². The summed E-state index contributed by atoms with van der Waals surface area (Å²) in [6.45, 7) is 6.98. The summed E-state index contributed by atoms with van der Waals surface area (Å²) in [4.78, 5) is 24.3. The van der Waals surface area contributed by atoms with Crippen LogP contribution in [0.25, 0.3) is 0 Å². The van der Waals surface area contributed by atoms with E-state index in [0.29, 0.717) is 25.2 Å². The minimum Gasteiger partial charge on any atom is -0.493 e. The van der Waals surface area contributed by atoms with Crippen molar-refractivity contribution in [2.45, 2.75) is 104 Å². The summed E-state index contributed by atoms with van der Waals surface area (Å²) in [5, 5.41) is 0. The first-order valence-corrected chi connectivity index (χ1v) is 11.8. The molecular formula is C25H40O5. The lowest BCUT2D eigenvalue weighted by Crippen LogP contribution is -2.12. The average molecular weight is 421 g/mol. The molecule has 1 rings (SSSR count). The van der Waals surface area contributed by atoms with E-state index in [9.17, 15) is 9.59 Å². The topological polar surface area (TPSA) is 61.8 Å². The number of benzene rings is 1. The Bertz CT molecular complexity index is 612. The molecule has 170 valence electrons. The molecule has 0 atom stereocenters. The van der Waals surface area contributed by atoms with E-state index in [1.807, 2.05) is 0 Å². The molecule has 1 aromatic rings. The predicted octanol–water partition coefficient (Wildman–Crippen LogP) is 7.01. The summed E-state index contributed by atoms with van der Waals surface area (Å²) in [6, 6.07) is 5.06. The van der Waals surface area contributed by atoms with E-state index >= 15 is 0 Å². The number of unbranched alkanes of at least 4 members (excludes halogenated alkanes) is 8. The first kappa shape index (κ1) is 26.0. The molecule has 0 radical (unpaired) electrons. The molecule has 0 aliphatic rings. The zero-order chi connectivity index (χ0) is 22.0. The number of hydrogen-bond acceptors (Lipinski definition) is 5. The summed E-state index contributed by atoms with van der Waals surface area (Å²) >= 11 is 0. The van der Waals surface area contributed by atoms with Crippen molar-refractivity contribution >= 4 is 11.9 Å². The Labute approximate surface area is 182 Å². The van der Waals surface area contributed by atoms with Gasteiger partial charge in [0.1, 0.15) is 5.75 Å². The van der Waals surface area contributed by atoms with Crippen molar-refractivity contribution in [3.8, 4) is 17.2 Å². The van der Waals surface area contributed by atoms with E-state index < -0.39 is 0 Å². The van der Waals surface area contributed by atoms with Gasteiger partial charge in [-0.05, 0) is 31.4 Å². The highest BCUT2D eigenvalue weighted by atomic mass is 16.6. The quantitative estimate of drug-likeness (QED) is 0.154. The van der Waals surface area contributed by atoms with Crippen molar-refractivity contribution in [2.24, 2.45) is 0 Å². The summed E-state index contributed by atoms with van der Waals surface area (Å²) < 4.78 is 16.8. The van der Waals surface area contributed by atoms with E-state index in [0.717, 1.165) is 51.4 Å². The van der Waals surface area contributed by atoms with Crippen LogP contribution in [0.2, 0.25) is 0 Å². The maximum absolute atomic E-state index is 12.2. The van der Waals surface area contributed by atoms with Gasteiger partial charge in [0, 0.05) is 18.9 Å². The smallest absolute Gasteiger partial charge is 0.311 e. The third kappa shape index (κ3) is 11.8. The molecule has 1 aromatic carbocycles. The highest BCUT2D eigenvalue weighted by Gasteiger charge is 2.15. The fourth-order valence-electron chi connectivity index (χ4n) is 3.02. The number of rotatable bonds is 17. The maximum Gasteiger partial charge on any atom is 0.311 e. The monoisotopic (exact) mass is 420 g/mol. The molecule has 0 saturated heterocycles. The van der Waals surface area contributed by atoms with Gasteiger partial charge in [-0.2, -0.15) is 0 Å². The van der Waals surface area contributed by atoms with Gasteiger partial charge < -0.3 is 14.2 Å². The van der Waals surface area contributed by atoms with Crippen molar-refractivity contribution in [1.82, 2.24) is 0 Å². The van der Waals surface area contributed by atoms with Gasteiger partial charge in [-0.1, -0.05) is 72.1 Å². The molecule has 0 saturated carbocycles. The fourth-order valence-corrected chi connectivity index (χ4v) is 3.02. The molecule has 0 aromatic heterocycles. The first-order chi connectivity index (χ1) is 14.6. The van der Waals surface area contributed by atoms with E-state index in [2.05, 4.69) is 20.8 Å². The molecular weight excluding hydrogens is 380 g/mol. The van der Waals surface area contributed by atoms with Crippen molar-refractivity contribution in [3.05, 3.63) is 18.2 Å². The molecule has 0 aliphatic heterocycles. The molecule has 30 heavy (non-hydrogen) atoms. The largest absolute Gasteiger partial charge is 0.493 e. The number of esters is 2. The molecule has 0 unspecified atom stereocenters. The highest BCUT2D eigenvalue weighted by Crippen LogP contribution is 2.32. The Balaban J connectivity index is 2.71. The molecule has 0 spiro atoms. The summed E-state index contributed by atoms with van der Waals surface area (Å²) in [5.41, 5.74) is 0. The minimum atomic E-state index is -0.316.